The highest BCUT2D eigenvalue weighted by molar-refractivity contribution is 5.90. The summed E-state index contributed by atoms with van der Waals surface area (Å²) >= 11 is 0. The number of carbonyl (C=O) groups is 4. The third kappa shape index (κ3) is 9.21. The van der Waals surface area contributed by atoms with Crippen LogP contribution in [-0.4, -0.2) is 61.5 Å². The number of ether oxygens (including phenoxy) is 3. The first-order chi connectivity index (χ1) is 19.5. The number of rotatable bonds is 11. The maximum atomic E-state index is 12.7. The molecule has 2 aromatic carbocycles. The molecule has 0 spiro atoms. The minimum absolute atomic E-state index is 0.0982. The Morgan fingerprint density at radius 2 is 1.44 bits per heavy atom. The van der Waals surface area contributed by atoms with Gasteiger partial charge in [0, 0.05) is 12.5 Å². The van der Waals surface area contributed by atoms with Crippen LogP contribution in [0.2, 0.25) is 0 Å². The zero-order valence-electron chi connectivity index (χ0n) is 24.2. The zero-order chi connectivity index (χ0) is 30.0. The molecule has 11 heteroatoms. The average Bonchev–Trinajstić information content (AvgIpc) is 3.24. The lowest BCUT2D eigenvalue weighted by molar-refractivity contribution is -0.131. The Kier molecular flexibility index (Phi) is 11.1. The van der Waals surface area contributed by atoms with Gasteiger partial charge in [0.05, 0.1) is 6.61 Å². The van der Waals surface area contributed by atoms with Crippen LogP contribution in [0.1, 0.15) is 64.5 Å². The summed E-state index contributed by atoms with van der Waals surface area (Å²) in [7, 11) is 0. The van der Waals surface area contributed by atoms with Gasteiger partial charge < -0.3 is 24.8 Å². The van der Waals surface area contributed by atoms with E-state index < -0.39 is 41.7 Å². The van der Waals surface area contributed by atoms with Crippen LogP contribution >= 0.6 is 0 Å². The van der Waals surface area contributed by atoms with Gasteiger partial charge in [-0.3, -0.25) is 20.4 Å². The summed E-state index contributed by atoms with van der Waals surface area (Å²) in [6, 6.07) is 13.8. The molecule has 1 aliphatic rings. The summed E-state index contributed by atoms with van der Waals surface area (Å²) in [5, 5.41) is 4.93. The van der Waals surface area contributed by atoms with E-state index in [1.54, 1.807) is 20.8 Å². The first-order valence-corrected chi connectivity index (χ1v) is 13.8. The predicted molar refractivity (Wildman–Crippen MR) is 153 cm³/mol. The number of fused-ring (bicyclic) bond motifs is 3. The Balaban J connectivity index is 1.49. The number of benzene rings is 2. The number of unbranched alkanes of at least 4 members (excludes halogenated alkanes) is 1. The minimum atomic E-state index is -1.12. The second kappa shape index (κ2) is 14.5. The summed E-state index contributed by atoms with van der Waals surface area (Å²) in [5.74, 6) is -1.52. The number of amides is 4. The van der Waals surface area contributed by atoms with Crippen LogP contribution in [0.5, 0.6) is 0 Å². The van der Waals surface area contributed by atoms with Crippen molar-refractivity contribution >= 4 is 24.0 Å². The molecule has 0 fully saturated rings. The molecule has 3 rings (SSSR count). The van der Waals surface area contributed by atoms with Crippen LogP contribution < -0.4 is 21.5 Å². The van der Waals surface area contributed by atoms with Gasteiger partial charge in [0.15, 0.2) is 0 Å². The van der Waals surface area contributed by atoms with Gasteiger partial charge in [0.25, 0.3) is 11.8 Å². The fourth-order valence-electron chi connectivity index (χ4n) is 4.28. The van der Waals surface area contributed by atoms with Crippen molar-refractivity contribution in [2.75, 3.05) is 19.8 Å². The topological polar surface area (TPSA) is 144 Å². The molecule has 0 aromatic heterocycles. The van der Waals surface area contributed by atoms with E-state index in [4.69, 9.17) is 14.2 Å². The number of hydrazine groups is 1. The molecule has 0 saturated carbocycles. The van der Waals surface area contributed by atoms with Crippen LogP contribution in [0.3, 0.4) is 0 Å². The molecule has 0 bridgehead atoms. The van der Waals surface area contributed by atoms with Crippen LogP contribution in [0, 0.1) is 0 Å². The fourth-order valence-corrected chi connectivity index (χ4v) is 4.28. The van der Waals surface area contributed by atoms with E-state index in [1.165, 1.54) is 6.92 Å². The van der Waals surface area contributed by atoms with Gasteiger partial charge in [-0.05, 0) is 56.4 Å². The van der Waals surface area contributed by atoms with E-state index in [-0.39, 0.29) is 19.1 Å². The van der Waals surface area contributed by atoms with Gasteiger partial charge in [0.2, 0.25) is 0 Å². The number of nitrogens with one attached hydrogen (secondary N) is 4. The van der Waals surface area contributed by atoms with Gasteiger partial charge in [-0.1, -0.05) is 61.9 Å². The van der Waals surface area contributed by atoms with Crippen molar-refractivity contribution in [3.63, 3.8) is 0 Å². The molecule has 0 saturated heterocycles. The van der Waals surface area contributed by atoms with Gasteiger partial charge in [-0.2, -0.15) is 0 Å². The molecular formula is C30H40N4O7. The van der Waals surface area contributed by atoms with Gasteiger partial charge >= 0.3 is 12.2 Å². The van der Waals surface area contributed by atoms with Crippen LogP contribution in [0.15, 0.2) is 48.5 Å². The van der Waals surface area contributed by atoms with Crippen molar-refractivity contribution in [1.82, 2.24) is 21.5 Å². The molecule has 41 heavy (non-hydrogen) atoms. The smallest absolute Gasteiger partial charge is 0.408 e. The van der Waals surface area contributed by atoms with Crippen molar-refractivity contribution in [2.24, 2.45) is 0 Å². The largest absolute Gasteiger partial charge is 0.449 e. The van der Waals surface area contributed by atoms with E-state index in [0.717, 1.165) is 35.1 Å². The van der Waals surface area contributed by atoms with E-state index >= 15 is 0 Å². The van der Waals surface area contributed by atoms with Crippen molar-refractivity contribution in [3.8, 4) is 11.1 Å². The summed E-state index contributed by atoms with van der Waals surface area (Å²) in [5.41, 5.74) is 8.12. The van der Waals surface area contributed by atoms with Crippen molar-refractivity contribution in [3.05, 3.63) is 59.7 Å². The zero-order valence-corrected chi connectivity index (χ0v) is 24.2. The van der Waals surface area contributed by atoms with Crippen LogP contribution in [0.4, 0.5) is 9.59 Å². The van der Waals surface area contributed by atoms with Crippen LogP contribution in [0.25, 0.3) is 11.1 Å². The van der Waals surface area contributed by atoms with E-state index in [2.05, 4.69) is 21.5 Å². The summed E-state index contributed by atoms with van der Waals surface area (Å²) in [6.45, 7) is 8.94. The maximum absolute atomic E-state index is 12.7. The lowest BCUT2D eigenvalue weighted by Crippen LogP contribution is -2.57. The maximum Gasteiger partial charge on any atom is 0.408 e. The molecule has 4 N–H and O–H groups in total. The van der Waals surface area contributed by atoms with Gasteiger partial charge in [-0.15, -0.1) is 0 Å². The summed E-state index contributed by atoms with van der Waals surface area (Å²) < 4.78 is 16.2. The Bertz CT molecular complexity index is 1180. The molecule has 0 aliphatic heterocycles. The Labute approximate surface area is 240 Å². The number of alkyl carbamates (subject to hydrolysis) is 2. The third-order valence-electron chi connectivity index (χ3n) is 6.31. The third-order valence-corrected chi connectivity index (χ3v) is 6.31. The lowest BCUT2D eigenvalue weighted by atomic mass is 9.98. The highest BCUT2D eigenvalue weighted by Gasteiger charge is 2.30. The predicted octanol–water partition coefficient (Wildman–Crippen LogP) is 3.77. The first kappa shape index (κ1) is 31.4. The molecule has 0 radical (unpaired) electrons. The highest BCUT2D eigenvalue weighted by atomic mass is 16.6. The highest BCUT2D eigenvalue weighted by Crippen LogP contribution is 2.44. The molecule has 2 aromatic rings. The number of hydrogen-bond donors (Lipinski definition) is 4. The fraction of sp³-hybridized carbons (Fsp3) is 0.467. The average molecular weight is 569 g/mol. The van der Waals surface area contributed by atoms with Crippen molar-refractivity contribution in [2.45, 2.75) is 71.1 Å². The first-order valence-electron chi connectivity index (χ1n) is 13.8. The molecule has 11 nitrogen and oxygen atoms in total. The monoisotopic (exact) mass is 568 g/mol. The molecule has 222 valence electrons. The molecule has 0 unspecified atom stereocenters. The van der Waals surface area contributed by atoms with Gasteiger partial charge in [0.1, 0.15) is 24.3 Å². The summed E-state index contributed by atoms with van der Waals surface area (Å²) in [6.07, 6.45) is 0.125. The SMILES string of the molecule is CCCCOC[C@H](NC(=O)OC(C)(C)C)C(=O)NNC(=O)[C@H](C)NC(=O)OCC1c2ccccc2-c2ccccc21. The van der Waals surface area contributed by atoms with E-state index in [0.29, 0.717) is 6.61 Å². The second-order valence-corrected chi connectivity index (χ2v) is 10.8. The standard InChI is InChI=1S/C30H40N4O7/c1-6-7-16-39-18-25(32-29(38)41-30(3,4)5)27(36)34-33-26(35)19(2)31-28(37)40-17-24-22-14-10-8-12-20(22)21-13-9-11-15-23(21)24/h8-15,19,24-25H,6-7,16-18H2,1-5H3,(H,31,37)(H,32,38)(H,33,35)(H,34,36)/t19-,25-/m0/s1. The number of hydrogen-bond acceptors (Lipinski definition) is 7. The molecule has 1 aliphatic carbocycles. The lowest BCUT2D eigenvalue weighted by Gasteiger charge is -2.23. The number of carbonyl (C=O) groups excluding carboxylic acids is 4. The van der Waals surface area contributed by atoms with E-state index in [9.17, 15) is 19.2 Å². The molecule has 2 atom stereocenters. The van der Waals surface area contributed by atoms with Crippen molar-refractivity contribution in [1.29, 1.82) is 0 Å². The second-order valence-electron chi connectivity index (χ2n) is 10.8. The molecular weight excluding hydrogens is 528 g/mol. The normalized spacial score (nSPS) is 13.7. The Morgan fingerprint density at radius 1 is 0.854 bits per heavy atom. The van der Waals surface area contributed by atoms with E-state index in [1.807, 2.05) is 55.5 Å². The van der Waals surface area contributed by atoms with Crippen molar-refractivity contribution < 1.29 is 33.4 Å². The quantitative estimate of drug-likeness (QED) is 0.239. The Morgan fingerprint density at radius 3 is 2.02 bits per heavy atom. The minimum Gasteiger partial charge on any atom is -0.449 e. The van der Waals surface area contributed by atoms with Gasteiger partial charge in [-0.25, -0.2) is 9.59 Å². The summed E-state index contributed by atoms with van der Waals surface area (Å²) in [4.78, 5) is 50.0. The van der Waals surface area contributed by atoms with Crippen LogP contribution in [-0.2, 0) is 23.8 Å². The Hall–Kier alpha value is -4.12. The molecule has 0 heterocycles. The molecule has 4 amide bonds.